The van der Waals surface area contributed by atoms with E-state index in [0.29, 0.717) is 13.2 Å². The summed E-state index contributed by atoms with van der Waals surface area (Å²) >= 11 is 0. The van der Waals surface area contributed by atoms with Crippen LogP contribution >= 0.6 is 0 Å². The Bertz CT molecular complexity index is 444. The molecule has 0 amide bonds. The zero-order valence-corrected chi connectivity index (χ0v) is 11.3. The number of hydrogen-bond acceptors (Lipinski definition) is 5. The molecule has 0 bridgehead atoms. The topological polar surface area (TPSA) is 72.7 Å². The lowest BCUT2D eigenvalue weighted by Crippen LogP contribution is -2.36. The molecule has 0 saturated heterocycles. The Morgan fingerprint density at radius 2 is 2.00 bits per heavy atom. The van der Waals surface area contributed by atoms with Gasteiger partial charge in [0.2, 0.25) is 0 Å². The molecule has 0 aliphatic carbocycles. The van der Waals surface area contributed by atoms with Crippen LogP contribution in [0.2, 0.25) is 0 Å². The van der Waals surface area contributed by atoms with Crippen LogP contribution in [0.25, 0.3) is 0 Å². The molecular formula is C13H18N2O4. The van der Waals surface area contributed by atoms with E-state index >= 15 is 0 Å². The summed E-state index contributed by atoms with van der Waals surface area (Å²) < 4.78 is 4.94. The second kappa shape index (κ2) is 6.84. The molecule has 0 aromatic heterocycles. The normalized spacial score (nSPS) is 12.2. The highest BCUT2D eigenvalue weighted by Gasteiger charge is 2.19. The van der Waals surface area contributed by atoms with Gasteiger partial charge >= 0.3 is 5.97 Å². The minimum Gasteiger partial charge on any atom is -0.465 e. The summed E-state index contributed by atoms with van der Waals surface area (Å²) in [4.78, 5) is 23.5. The average molecular weight is 266 g/mol. The van der Waals surface area contributed by atoms with Crippen molar-refractivity contribution in [3.8, 4) is 0 Å². The second-order valence-electron chi connectivity index (χ2n) is 4.27. The van der Waals surface area contributed by atoms with Gasteiger partial charge in [-0.3, -0.25) is 19.8 Å². The van der Waals surface area contributed by atoms with Gasteiger partial charge in [-0.05, 0) is 26.5 Å². The first-order chi connectivity index (χ1) is 8.95. The van der Waals surface area contributed by atoms with Gasteiger partial charge in [-0.15, -0.1) is 0 Å². The Morgan fingerprint density at radius 1 is 1.42 bits per heavy atom. The van der Waals surface area contributed by atoms with Gasteiger partial charge in [0.15, 0.2) is 0 Å². The van der Waals surface area contributed by atoms with Crippen molar-refractivity contribution in [2.24, 2.45) is 0 Å². The van der Waals surface area contributed by atoms with E-state index in [4.69, 9.17) is 4.74 Å². The van der Waals surface area contributed by atoms with Crippen LogP contribution in [0.5, 0.6) is 0 Å². The lowest BCUT2D eigenvalue weighted by molar-refractivity contribution is -0.384. The van der Waals surface area contributed by atoms with E-state index < -0.39 is 4.92 Å². The molecule has 104 valence electrons. The predicted molar refractivity (Wildman–Crippen MR) is 70.7 cm³/mol. The molecule has 1 rings (SSSR count). The Hall–Kier alpha value is -1.95. The fourth-order valence-corrected chi connectivity index (χ4v) is 1.59. The number of non-ortho nitro benzene ring substituents is 1. The molecule has 19 heavy (non-hydrogen) atoms. The van der Waals surface area contributed by atoms with Gasteiger partial charge in [0.1, 0.15) is 6.04 Å². The summed E-state index contributed by atoms with van der Waals surface area (Å²) in [6, 6.07) is 5.94. The number of nitro groups is 1. The highest BCUT2D eigenvalue weighted by atomic mass is 16.6. The lowest BCUT2D eigenvalue weighted by Gasteiger charge is -2.22. The zero-order valence-electron chi connectivity index (χ0n) is 11.3. The molecule has 6 heteroatoms. The minimum absolute atomic E-state index is 0.0600. The molecular weight excluding hydrogens is 248 g/mol. The minimum atomic E-state index is -0.436. The molecule has 0 spiro atoms. The smallest absolute Gasteiger partial charge is 0.323 e. The number of carbonyl (C=O) groups excluding carboxylic acids is 1. The van der Waals surface area contributed by atoms with Gasteiger partial charge < -0.3 is 4.74 Å². The number of ether oxygens (including phenoxy) is 1. The van der Waals surface area contributed by atoms with Crippen molar-refractivity contribution < 1.29 is 14.5 Å². The van der Waals surface area contributed by atoms with Crippen molar-refractivity contribution in [2.45, 2.75) is 26.4 Å². The maximum atomic E-state index is 11.6. The van der Waals surface area contributed by atoms with E-state index in [1.54, 1.807) is 26.0 Å². The summed E-state index contributed by atoms with van der Waals surface area (Å²) in [6.07, 6.45) is 0. The Morgan fingerprint density at radius 3 is 2.47 bits per heavy atom. The predicted octanol–water partition coefficient (Wildman–Crippen LogP) is 1.98. The lowest BCUT2D eigenvalue weighted by atomic mass is 10.2. The van der Waals surface area contributed by atoms with Crippen molar-refractivity contribution in [3.05, 3.63) is 39.9 Å². The van der Waals surface area contributed by atoms with E-state index in [1.807, 2.05) is 11.9 Å². The summed E-state index contributed by atoms with van der Waals surface area (Å²) in [6.45, 7) is 4.41. The van der Waals surface area contributed by atoms with Gasteiger partial charge in [0.05, 0.1) is 11.5 Å². The molecule has 0 saturated carbocycles. The molecule has 0 heterocycles. The number of benzene rings is 1. The molecule has 1 aromatic rings. The number of rotatable bonds is 6. The molecule has 0 aliphatic rings. The van der Waals surface area contributed by atoms with Gasteiger partial charge in [0.25, 0.3) is 5.69 Å². The summed E-state index contributed by atoms with van der Waals surface area (Å²) in [5.74, 6) is -0.271. The third-order valence-corrected chi connectivity index (χ3v) is 2.87. The van der Waals surface area contributed by atoms with Crippen molar-refractivity contribution >= 4 is 11.7 Å². The van der Waals surface area contributed by atoms with Crippen molar-refractivity contribution in [1.29, 1.82) is 0 Å². The van der Waals surface area contributed by atoms with Gasteiger partial charge in [-0.25, -0.2) is 0 Å². The molecule has 1 unspecified atom stereocenters. The van der Waals surface area contributed by atoms with Crippen LogP contribution in [0.3, 0.4) is 0 Å². The van der Waals surface area contributed by atoms with E-state index in [1.165, 1.54) is 12.1 Å². The van der Waals surface area contributed by atoms with Crippen molar-refractivity contribution in [2.75, 3.05) is 13.7 Å². The quantitative estimate of drug-likeness (QED) is 0.447. The first-order valence-corrected chi connectivity index (χ1v) is 6.06. The molecule has 0 fully saturated rings. The number of likely N-dealkylation sites (N-methyl/N-ethyl adjacent to an activating group) is 1. The molecule has 1 aromatic carbocycles. The molecule has 6 nitrogen and oxygen atoms in total. The van der Waals surface area contributed by atoms with Crippen LogP contribution in [0.15, 0.2) is 24.3 Å². The van der Waals surface area contributed by atoms with Crippen molar-refractivity contribution in [1.82, 2.24) is 4.90 Å². The maximum Gasteiger partial charge on any atom is 0.323 e. The highest BCUT2D eigenvalue weighted by molar-refractivity contribution is 5.75. The monoisotopic (exact) mass is 266 g/mol. The Labute approximate surface area is 112 Å². The van der Waals surface area contributed by atoms with Crippen molar-refractivity contribution in [3.63, 3.8) is 0 Å². The third kappa shape index (κ3) is 4.33. The number of hydrogen-bond donors (Lipinski definition) is 0. The van der Waals surface area contributed by atoms with Crippen LogP contribution in [0, 0.1) is 10.1 Å². The summed E-state index contributed by atoms with van der Waals surface area (Å²) in [5.41, 5.74) is 0.967. The maximum absolute atomic E-state index is 11.6. The van der Waals surface area contributed by atoms with E-state index in [2.05, 4.69) is 0 Å². The molecule has 1 atom stereocenters. The van der Waals surface area contributed by atoms with Crippen LogP contribution in [-0.2, 0) is 16.1 Å². The van der Waals surface area contributed by atoms with Gasteiger partial charge in [0, 0.05) is 18.7 Å². The van der Waals surface area contributed by atoms with Crippen LogP contribution in [0.1, 0.15) is 19.4 Å². The summed E-state index contributed by atoms with van der Waals surface area (Å²) in [7, 11) is 1.81. The molecule has 0 radical (unpaired) electrons. The number of carbonyl (C=O) groups is 1. The van der Waals surface area contributed by atoms with Gasteiger partial charge in [-0.1, -0.05) is 12.1 Å². The fraction of sp³-hybridized carbons (Fsp3) is 0.462. The Balaban J connectivity index is 2.63. The second-order valence-corrected chi connectivity index (χ2v) is 4.27. The molecule has 0 aliphatic heterocycles. The number of nitro benzene ring substituents is 1. The molecule has 0 N–H and O–H groups in total. The van der Waals surface area contributed by atoms with E-state index in [-0.39, 0.29) is 17.7 Å². The standard InChI is InChI=1S/C13H18N2O4/c1-4-19-13(16)10(2)14(3)9-11-5-7-12(8-6-11)15(17)18/h5-8,10H,4,9H2,1-3H3. The zero-order chi connectivity index (χ0) is 14.4. The average Bonchev–Trinajstić information content (AvgIpc) is 2.38. The fourth-order valence-electron chi connectivity index (χ4n) is 1.59. The van der Waals surface area contributed by atoms with E-state index in [9.17, 15) is 14.9 Å². The summed E-state index contributed by atoms with van der Waals surface area (Å²) in [5, 5.41) is 10.5. The first kappa shape index (κ1) is 15.1. The van der Waals surface area contributed by atoms with Crippen LogP contribution in [-0.4, -0.2) is 35.5 Å². The van der Waals surface area contributed by atoms with E-state index in [0.717, 1.165) is 5.56 Å². The number of esters is 1. The largest absolute Gasteiger partial charge is 0.465 e. The first-order valence-electron chi connectivity index (χ1n) is 6.06. The van der Waals surface area contributed by atoms with Gasteiger partial charge in [-0.2, -0.15) is 0 Å². The van der Waals surface area contributed by atoms with Crippen LogP contribution < -0.4 is 0 Å². The van der Waals surface area contributed by atoms with Crippen LogP contribution in [0.4, 0.5) is 5.69 Å². The highest BCUT2D eigenvalue weighted by Crippen LogP contribution is 2.14. The SMILES string of the molecule is CCOC(=O)C(C)N(C)Cc1ccc([N+](=O)[O-])cc1. The number of nitrogens with zero attached hydrogens (tertiary/aromatic N) is 2. The third-order valence-electron chi connectivity index (χ3n) is 2.87. The Kier molecular flexibility index (Phi) is 5.44.